The van der Waals surface area contributed by atoms with Crippen LogP contribution >= 0.6 is 11.3 Å². The Hall–Kier alpha value is -1.66. The van der Waals surface area contributed by atoms with Crippen molar-refractivity contribution in [3.63, 3.8) is 0 Å². The minimum Gasteiger partial charge on any atom is -0.367 e. The van der Waals surface area contributed by atoms with Crippen LogP contribution in [0.25, 0.3) is 0 Å². The van der Waals surface area contributed by atoms with Crippen molar-refractivity contribution in [2.45, 2.75) is 39.2 Å². The normalized spacial score (nSPS) is 12.4. The molecule has 5 nitrogen and oxygen atoms in total. The lowest BCUT2D eigenvalue weighted by Crippen LogP contribution is -2.21. The molecule has 20 heavy (non-hydrogen) atoms. The minimum absolute atomic E-state index is 0.290. The van der Waals surface area contributed by atoms with Gasteiger partial charge in [-0.2, -0.15) is 11.3 Å². The zero-order chi connectivity index (χ0) is 14.5. The van der Waals surface area contributed by atoms with Crippen molar-refractivity contribution in [2.24, 2.45) is 5.84 Å². The predicted molar refractivity (Wildman–Crippen MR) is 85.0 cm³/mol. The van der Waals surface area contributed by atoms with E-state index in [0.29, 0.717) is 11.9 Å². The van der Waals surface area contributed by atoms with Gasteiger partial charge in [0.1, 0.15) is 18.0 Å². The number of rotatable bonds is 6. The highest BCUT2D eigenvalue weighted by Crippen LogP contribution is 2.28. The third kappa shape index (κ3) is 3.46. The molecule has 6 heteroatoms. The van der Waals surface area contributed by atoms with E-state index in [1.54, 1.807) is 11.3 Å². The monoisotopic (exact) mass is 291 g/mol. The zero-order valence-electron chi connectivity index (χ0n) is 12.1. The molecular weight excluding hydrogens is 270 g/mol. The Morgan fingerprint density at radius 3 is 2.60 bits per heavy atom. The third-order valence-corrected chi connectivity index (χ3v) is 3.84. The van der Waals surface area contributed by atoms with Crippen LogP contribution in [0, 0.1) is 0 Å². The molecule has 0 aliphatic heterocycles. The fourth-order valence-corrected chi connectivity index (χ4v) is 2.90. The summed E-state index contributed by atoms with van der Waals surface area (Å²) in [4.78, 5) is 8.54. The van der Waals surface area contributed by atoms with E-state index in [-0.39, 0.29) is 5.92 Å². The van der Waals surface area contributed by atoms with E-state index in [9.17, 15) is 0 Å². The van der Waals surface area contributed by atoms with Gasteiger partial charge in [-0.25, -0.2) is 15.8 Å². The number of aromatic nitrogens is 2. The highest BCUT2D eigenvalue weighted by Gasteiger charge is 2.16. The summed E-state index contributed by atoms with van der Waals surface area (Å²) in [7, 11) is 0. The molecule has 1 atom stereocenters. The van der Waals surface area contributed by atoms with E-state index in [1.807, 2.05) is 0 Å². The maximum absolute atomic E-state index is 5.53. The van der Waals surface area contributed by atoms with Gasteiger partial charge in [0.2, 0.25) is 0 Å². The highest BCUT2D eigenvalue weighted by atomic mass is 32.1. The van der Waals surface area contributed by atoms with Crippen molar-refractivity contribution < 1.29 is 0 Å². The molecule has 0 radical (unpaired) electrons. The van der Waals surface area contributed by atoms with Crippen LogP contribution in [0.15, 0.2) is 23.2 Å². The number of hydrogen-bond acceptors (Lipinski definition) is 6. The van der Waals surface area contributed by atoms with Crippen molar-refractivity contribution in [1.29, 1.82) is 0 Å². The summed E-state index contributed by atoms with van der Waals surface area (Å²) in [5, 5.41) is 7.74. The predicted octanol–water partition coefficient (Wildman–Crippen LogP) is 2.99. The first-order chi connectivity index (χ1) is 9.61. The molecule has 2 heterocycles. The van der Waals surface area contributed by atoms with Gasteiger partial charge >= 0.3 is 0 Å². The van der Waals surface area contributed by atoms with Crippen LogP contribution in [-0.4, -0.2) is 16.0 Å². The molecule has 0 bridgehead atoms. The molecule has 0 fully saturated rings. The molecule has 0 aromatic carbocycles. The smallest absolute Gasteiger partial charge is 0.148 e. The van der Waals surface area contributed by atoms with Gasteiger partial charge in [0.25, 0.3) is 0 Å². The Morgan fingerprint density at radius 1 is 1.25 bits per heavy atom. The molecule has 108 valence electrons. The number of nitrogen functional groups attached to an aromatic ring is 1. The number of hydrogen-bond donors (Lipinski definition) is 3. The summed E-state index contributed by atoms with van der Waals surface area (Å²) in [5.74, 6) is 7.35. The van der Waals surface area contributed by atoms with Gasteiger partial charge in [-0.1, -0.05) is 13.8 Å². The maximum atomic E-state index is 5.53. The highest BCUT2D eigenvalue weighted by molar-refractivity contribution is 7.07. The van der Waals surface area contributed by atoms with Crippen molar-refractivity contribution in [1.82, 2.24) is 9.97 Å². The molecule has 0 saturated heterocycles. The fraction of sp³-hybridized carbons (Fsp3) is 0.429. The van der Waals surface area contributed by atoms with Crippen molar-refractivity contribution in [3.8, 4) is 0 Å². The number of anilines is 2. The van der Waals surface area contributed by atoms with Gasteiger partial charge in [-0.15, -0.1) is 0 Å². The van der Waals surface area contributed by atoms with Crippen LogP contribution in [0.2, 0.25) is 0 Å². The number of hydrazine groups is 1. The number of nitrogens with zero attached hydrogens (tertiary/aromatic N) is 2. The SMILES string of the molecule is CC(Cc1ccsc1)Nc1ncnc(NN)c1C(C)C. The molecule has 0 aliphatic carbocycles. The topological polar surface area (TPSA) is 75.9 Å². The first-order valence-electron chi connectivity index (χ1n) is 6.71. The summed E-state index contributed by atoms with van der Waals surface area (Å²) in [5.41, 5.74) is 5.01. The van der Waals surface area contributed by atoms with Gasteiger partial charge in [-0.3, -0.25) is 0 Å². The van der Waals surface area contributed by atoms with Gasteiger partial charge in [0, 0.05) is 11.6 Å². The van der Waals surface area contributed by atoms with Crippen LogP contribution < -0.4 is 16.6 Å². The number of thiophene rings is 1. The lowest BCUT2D eigenvalue weighted by atomic mass is 10.0. The van der Waals surface area contributed by atoms with E-state index >= 15 is 0 Å². The van der Waals surface area contributed by atoms with Gasteiger partial charge in [-0.05, 0) is 41.7 Å². The van der Waals surface area contributed by atoms with Crippen LogP contribution in [0.4, 0.5) is 11.6 Å². The molecule has 2 aromatic heterocycles. The minimum atomic E-state index is 0.290. The van der Waals surface area contributed by atoms with Crippen molar-refractivity contribution >= 4 is 23.0 Å². The Morgan fingerprint density at radius 2 is 2.00 bits per heavy atom. The molecule has 1 unspecified atom stereocenters. The second-order valence-electron chi connectivity index (χ2n) is 5.16. The molecular formula is C14H21N5S. The number of nitrogens with two attached hydrogens (primary N) is 1. The number of nitrogens with one attached hydrogen (secondary N) is 2. The second-order valence-corrected chi connectivity index (χ2v) is 5.94. The molecule has 0 aliphatic rings. The standard InChI is InChI=1S/C14H21N5S/c1-9(2)12-13(16-8-17-14(12)19-15)18-10(3)6-11-4-5-20-7-11/h4-5,7-10H,6,15H2,1-3H3,(H2,16,17,18,19). The summed E-state index contributed by atoms with van der Waals surface area (Å²) in [6.45, 7) is 6.36. The van der Waals surface area contributed by atoms with Crippen LogP contribution in [0.3, 0.4) is 0 Å². The molecule has 0 amide bonds. The largest absolute Gasteiger partial charge is 0.367 e. The van der Waals surface area contributed by atoms with E-state index in [1.165, 1.54) is 11.9 Å². The lowest BCUT2D eigenvalue weighted by Gasteiger charge is -2.20. The van der Waals surface area contributed by atoms with Gasteiger partial charge in [0.05, 0.1) is 0 Å². The molecule has 2 rings (SSSR count). The van der Waals surface area contributed by atoms with E-state index in [0.717, 1.165) is 17.8 Å². The average Bonchev–Trinajstić information content (AvgIpc) is 2.90. The molecule has 4 N–H and O–H groups in total. The zero-order valence-corrected chi connectivity index (χ0v) is 12.9. The Labute approximate surface area is 123 Å². The summed E-state index contributed by atoms with van der Waals surface area (Å²) in [6.07, 6.45) is 2.50. The van der Waals surface area contributed by atoms with E-state index in [2.05, 4.69) is 58.3 Å². The fourth-order valence-electron chi connectivity index (χ4n) is 2.22. The van der Waals surface area contributed by atoms with Crippen LogP contribution in [0.5, 0.6) is 0 Å². The Balaban J connectivity index is 2.16. The van der Waals surface area contributed by atoms with Gasteiger partial charge < -0.3 is 10.7 Å². The third-order valence-electron chi connectivity index (χ3n) is 3.10. The molecule has 0 spiro atoms. The summed E-state index contributed by atoms with van der Waals surface area (Å²) >= 11 is 1.72. The Bertz CT molecular complexity index is 539. The van der Waals surface area contributed by atoms with Gasteiger partial charge in [0.15, 0.2) is 0 Å². The van der Waals surface area contributed by atoms with Crippen molar-refractivity contribution in [3.05, 3.63) is 34.3 Å². The second kappa shape index (κ2) is 6.67. The van der Waals surface area contributed by atoms with Crippen LogP contribution in [0.1, 0.15) is 37.8 Å². The lowest BCUT2D eigenvalue weighted by molar-refractivity contribution is 0.771. The first kappa shape index (κ1) is 14.7. The van der Waals surface area contributed by atoms with Crippen molar-refractivity contribution in [2.75, 3.05) is 10.7 Å². The van der Waals surface area contributed by atoms with E-state index in [4.69, 9.17) is 5.84 Å². The van der Waals surface area contributed by atoms with E-state index < -0.39 is 0 Å². The molecule has 2 aromatic rings. The first-order valence-corrected chi connectivity index (χ1v) is 7.65. The molecule has 0 saturated carbocycles. The van der Waals surface area contributed by atoms with Crippen LogP contribution in [-0.2, 0) is 6.42 Å². The quantitative estimate of drug-likeness (QED) is 0.563. The average molecular weight is 291 g/mol. The summed E-state index contributed by atoms with van der Waals surface area (Å²) < 4.78 is 0. The maximum Gasteiger partial charge on any atom is 0.148 e. The summed E-state index contributed by atoms with van der Waals surface area (Å²) in [6, 6.07) is 2.45. The Kier molecular flexibility index (Phi) is 4.92.